The Labute approximate surface area is 190 Å². The number of hydrogen-bond acceptors (Lipinski definition) is 6. The Kier molecular flexibility index (Phi) is 7.50. The summed E-state index contributed by atoms with van der Waals surface area (Å²) in [6.45, 7) is 1.99. The minimum Gasteiger partial charge on any atom is -0.493 e. The number of aryl methyl sites for hydroxylation is 1. The topological polar surface area (TPSA) is 122 Å². The lowest BCUT2D eigenvalue weighted by Crippen LogP contribution is -2.14. The van der Waals surface area contributed by atoms with E-state index in [1.165, 1.54) is 25.3 Å². The van der Waals surface area contributed by atoms with Gasteiger partial charge in [0.2, 0.25) is 5.76 Å². The van der Waals surface area contributed by atoms with Crippen LogP contribution in [0.5, 0.6) is 11.5 Å². The van der Waals surface area contributed by atoms with Crippen LogP contribution >= 0.6 is 0 Å². The van der Waals surface area contributed by atoms with Gasteiger partial charge in [0.1, 0.15) is 24.0 Å². The molecule has 168 valence electrons. The number of nitrogens with zero attached hydrogens (tertiary/aromatic N) is 1. The molecule has 0 atom stereocenters. The van der Waals surface area contributed by atoms with Crippen LogP contribution in [-0.2, 0) is 17.8 Å². The summed E-state index contributed by atoms with van der Waals surface area (Å²) in [6.07, 6.45) is 2.21. The van der Waals surface area contributed by atoms with Gasteiger partial charge in [-0.1, -0.05) is 31.2 Å². The van der Waals surface area contributed by atoms with Crippen LogP contribution in [0, 0.1) is 11.3 Å². The van der Waals surface area contributed by atoms with Gasteiger partial charge in [0.25, 0.3) is 5.91 Å². The highest BCUT2D eigenvalue weighted by Gasteiger charge is 2.14. The Morgan fingerprint density at radius 2 is 1.94 bits per heavy atom. The third-order valence-corrected chi connectivity index (χ3v) is 4.75. The maximum Gasteiger partial charge on any atom is 0.371 e. The van der Waals surface area contributed by atoms with E-state index in [-0.39, 0.29) is 17.9 Å². The standard InChI is InChI=1S/C25H22N2O6/c1-3-17-6-4-5-7-20(17)27-24(28)18(14-26)12-16-8-10-21(23(13-16)31-2)32-15-19-9-11-22(33-19)25(29)30/h4-13H,3,15H2,1-2H3,(H,27,28)(H,29,30)/b18-12-. The largest absolute Gasteiger partial charge is 0.493 e. The van der Waals surface area contributed by atoms with Gasteiger partial charge >= 0.3 is 5.97 Å². The van der Waals surface area contributed by atoms with Crippen molar-refractivity contribution in [3.05, 3.63) is 82.8 Å². The van der Waals surface area contributed by atoms with Gasteiger partial charge in [-0.3, -0.25) is 4.79 Å². The molecule has 0 bridgehead atoms. The van der Waals surface area contributed by atoms with Gasteiger partial charge in [0.05, 0.1) is 7.11 Å². The number of carboxylic acids is 1. The van der Waals surface area contributed by atoms with Crippen molar-refractivity contribution in [3.8, 4) is 17.6 Å². The summed E-state index contributed by atoms with van der Waals surface area (Å²) in [5.74, 6) is -0.736. The molecule has 0 saturated heterocycles. The van der Waals surface area contributed by atoms with E-state index in [0.29, 0.717) is 28.5 Å². The first-order valence-electron chi connectivity index (χ1n) is 10.1. The summed E-state index contributed by atoms with van der Waals surface area (Å²) >= 11 is 0. The van der Waals surface area contributed by atoms with Crippen molar-refractivity contribution in [1.29, 1.82) is 5.26 Å². The number of carbonyl (C=O) groups is 2. The number of anilines is 1. The van der Waals surface area contributed by atoms with Crippen LogP contribution in [0.4, 0.5) is 5.69 Å². The number of benzene rings is 2. The van der Waals surface area contributed by atoms with Crippen molar-refractivity contribution in [2.45, 2.75) is 20.0 Å². The third kappa shape index (κ3) is 5.80. The van der Waals surface area contributed by atoms with E-state index >= 15 is 0 Å². The Hall–Kier alpha value is -4.51. The van der Waals surface area contributed by atoms with Crippen LogP contribution in [0.2, 0.25) is 0 Å². The average molecular weight is 446 g/mol. The maximum absolute atomic E-state index is 12.6. The van der Waals surface area contributed by atoms with Crippen molar-refractivity contribution in [2.75, 3.05) is 12.4 Å². The number of furan rings is 1. The summed E-state index contributed by atoms with van der Waals surface area (Å²) in [5.41, 5.74) is 2.14. The molecule has 0 fully saturated rings. The predicted molar refractivity (Wildman–Crippen MR) is 121 cm³/mol. The highest BCUT2D eigenvalue weighted by Crippen LogP contribution is 2.30. The molecule has 8 heteroatoms. The van der Waals surface area contributed by atoms with Crippen molar-refractivity contribution < 1.29 is 28.6 Å². The quantitative estimate of drug-likeness (QED) is 0.362. The molecule has 0 radical (unpaired) electrons. The monoisotopic (exact) mass is 446 g/mol. The molecule has 2 N–H and O–H groups in total. The molecule has 1 heterocycles. The SMILES string of the molecule is CCc1ccccc1NC(=O)/C(C#N)=C\c1ccc(OCc2ccc(C(=O)O)o2)c(OC)c1. The number of para-hydroxylation sites is 1. The molecule has 0 saturated carbocycles. The van der Waals surface area contributed by atoms with Crippen LogP contribution in [0.15, 0.2) is 64.6 Å². The normalized spacial score (nSPS) is 10.9. The number of nitrogens with one attached hydrogen (secondary N) is 1. The lowest BCUT2D eigenvalue weighted by Gasteiger charge is -2.11. The molecule has 0 aliphatic carbocycles. The van der Waals surface area contributed by atoms with Crippen molar-refractivity contribution in [2.24, 2.45) is 0 Å². The number of amides is 1. The van der Waals surface area contributed by atoms with Crippen LogP contribution in [0.25, 0.3) is 6.08 Å². The number of hydrogen-bond donors (Lipinski definition) is 2. The molecule has 33 heavy (non-hydrogen) atoms. The highest BCUT2D eigenvalue weighted by atomic mass is 16.5. The zero-order valence-electron chi connectivity index (χ0n) is 18.1. The lowest BCUT2D eigenvalue weighted by molar-refractivity contribution is -0.112. The fraction of sp³-hybridized carbons (Fsp3) is 0.160. The van der Waals surface area contributed by atoms with Crippen LogP contribution < -0.4 is 14.8 Å². The molecular formula is C25H22N2O6. The number of methoxy groups -OCH3 is 1. The van der Waals surface area contributed by atoms with Gasteiger partial charge in [0.15, 0.2) is 11.5 Å². The van der Waals surface area contributed by atoms with Crippen molar-refractivity contribution in [1.82, 2.24) is 0 Å². The minimum atomic E-state index is -1.16. The smallest absolute Gasteiger partial charge is 0.371 e. The van der Waals surface area contributed by atoms with E-state index in [1.807, 2.05) is 31.2 Å². The van der Waals surface area contributed by atoms with E-state index in [9.17, 15) is 14.9 Å². The Morgan fingerprint density at radius 1 is 1.15 bits per heavy atom. The second kappa shape index (κ2) is 10.7. The number of aromatic carboxylic acids is 1. The van der Waals surface area contributed by atoms with Crippen molar-refractivity contribution >= 4 is 23.6 Å². The first kappa shape index (κ1) is 23.2. The second-order valence-corrected chi connectivity index (χ2v) is 6.90. The minimum absolute atomic E-state index is 0.00150. The van der Waals surface area contributed by atoms with E-state index in [2.05, 4.69) is 5.32 Å². The van der Waals surface area contributed by atoms with Crippen LogP contribution in [0.1, 0.15) is 34.4 Å². The number of carbonyl (C=O) groups excluding carboxylic acids is 1. The van der Waals surface area contributed by atoms with E-state index in [4.69, 9.17) is 19.0 Å². The molecule has 0 unspecified atom stereocenters. The molecule has 1 amide bonds. The zero-order chi connectivity index (χ0) is 23.8. The Morgan fingerprint density at radius 3 is 2.61 bits per heavy atom. The Bertz CT molecular complexity index is 1240. The number of nitriles is 1. The first-order chi connectivity index (χ1) is 15.9. The summed E-state index contributed by atoms with van der Waals surface area (Å²) in [7, 11) is 1.46. The average Bonchev–Trinajstić information content (AvgIpc) is 3.31. The molecule has 0 aliphatic heterocycles. The zero-order valence-corrected chi connectivity index (χ0v) is 18.1. The molecule has 1 aromatic heterocycles. The van der Waals surface area contributed by atoms with Crippen LogP contribution in [0.3, 0.4) is 0 Å². The lowest BCUT2D eigenvalue weighted by atomic mass is 10.1. The summed E-state index contributed by atoms with van der Waals surface area (Å²) < 4.78 is 16.2. The molecule has 8 nitrogen and oxygen atoms in total. The summed E-state index contributed by atoms with van der Waals surface area (Å²) in [4.78, 5) is 23.5. The fourth-order valence-corrected chi connectivity index (χ4v) is 3.07. The third-order valence-electron chi connectivity index (χ3n) is 4.75. The van der Waals surface area contributed by atoms with Gasteiger partial charge in [-0.05, 0) is 54.0 Å². The molecule has 0 spiro atoms. The first-order valence-corrected chi connectivity index (χ1v) is 10.1. The number of carboxylic acid groups (broad SMARTS) is 1. The summed E-state index contributed by atoms with van der Waals surface area (Å²) in [5, 5.41) is 21.2. The molecule has 2 aromatic carbocycles. The van der Waals surface area contributed by atoms with Gasteiger partial charge in [-0.25, -0.2) is 4.79 Å². The molecule has 3 aromatic rings. The van der Waals surface area contributed by atoms with E-state index in [1.54, 1.807) is 24.3 Å². The van der Waals surface area contributed by atoms with Gasteiger partial charge in [0, 0.05) is 5.69 Å². The van der Waals surface area contributed by atoms with Gasteiger partial charge in [-0.15, -0.1) is 0 Å². The molecular weight excluding hydrogens is 424 g/mol. The highest BCUT2D eigenvalue weighted by molar-refractivity contribution is 6.10. The number of rotatable bonds is 9. The maximum atomic E-state index is 12.6. The number of ether oxygens (including phenoxy) is 2. The fourth-order valence-electron chi connectivity index (χ4n) is 3.07. The molecule has 0 aliphatic rings. The van der Waals surface area contributed by atoms with Crippen molar-refractivity contribution in [3.63, 3.8) is 0 Å². The van der Waals surface area contributed by atoms with Crippen LogP contribution in [-0.4, -0.2) is 24.1 Å². The van der Waals surface area contributed by atoms with Gasteiger partial charge in [-0.2, -0.15) is 5.26 Å². The van der Waals surface area contributed by atoms with E-state index < -0.39 is 11.9 Å². The van der Waals surface area contributed by atoms with Gasteiger partial charge < -0.3 is 24.3 Å². The summed E-state index contributed by atoms with van der Waals surface area (Å²) in [6, 6.07) is 17.1. The Balaban J connectivity index is 1.75. The predicted octanol–water partition coefficient (Wildman–Crippen LogP) is 4.67. The second-order valence-electron chi connectivity index (χ2n) is 6.90. The van der Waals surface area contributed by atoms with E-state index in [0.717, 1.165) is 12.0 Å². The molecule has 3 rings (SSSR count).